The fourth-order valence-corrected chi connectivity index (χ4v) is 2.96. The summed E-state index contributed by atoms with van der Waals surface area (Å²) in [4.78, 5) is 11.3. The minimum Gasteiger partial charge on any atom is -0.465 e. The number of likely N-dealkylation sites (tertiary alicyclic amines) is 1. The summed E-state index contributed by atoms with van der Waals surface area (Å²) < 4.78 is 5.73. The molecule has 0 aliphatic carbocycles. The minimum atomic E-state index is 0.347. The van der Waals surface area contributed by atoms with Crippen LogP contribution in [0.2, 0.25) is 0 Å². The predicted octanol–water partition coefficient (Wildman–Crippen LogP) is 3.15. The average molecular weight is 286 g/mol. The van der Waals surface area contributed by atoms with Crippen LogP contribution >= 0.6 is 0 Å². The molecule has 112 valence electrons. The summed E-state index contributed by atoms with van der Waals surface area (Å²) >= 11 is 0. The van der Waals surface area contributed by atoms with Crippen molar-refractivity contribution in [3.05, 3.63) is 41.6 Å². The first-order valence-corrected chi connectivity index (χ1v) is 7.56. The molecular formula is C16H22N4O. The third kappa shape index (κ3) is 3.24. The molecule has 0 aromatic carbocycles. The van der Waals surface area contributed by atoms with Gasteiger partial charge in [0.2, 0.25) is 5.95 Å². The Bertz CT molecular complexity index is 595. The van der Waals surface area contributed by atoms with E-state index >= 15 is 0 Å². The van der Waals surface area contributed by atoms with Crippen LogP contribution < -0.4 is 5.32 Å². The molecule has 5 heteroatoms. The summed E-state index contributed by atoms with van der Waals surface area (Å²) in [6.07, 6.45) is 5.45. The molecule has 1 aliphatic heterocycles. The molecule has 1 atom stereocenters. The highest BCUT2D eigenvalue weighted by atomic mass is 16.3. The Balaban J connectivity index is 1.80. The van der Waals surface area contributed by atoms with Gasteiger partial charge in [0.05, 0.1) is 18.3 Å². The van der Waals surface area contributed by atoms with E-state index in [9.17, 15) is 0 Å². The zero-order valence-electron chi connectivity index (χ0n) is 12.7. The first kappa shape index (κ1) is 14.1. The molecule has 1 fully saturated rings. The van der Waals surface area contributed by atoms with Crippen molar-refractivity contribution in [2.75, 3.05) is 18.9 Å². The molecule has 3 heterocycles. The maximum absolute atomic E-state index is 5.73. The van der Waals surface area contributed by atoms with E-state index in [2.05, 4.69) is 26.3 Å². The van der Waals surface area contributed by atoms with Gasteiger partial charge in [-0.25, -0.2) is 9.97 Å². The van der Waals surface area contributed by atoms with E-state index < -0.39 is 0 Å². The van der Waals surface area contributed by atoms with E-state index in [1.54, 1.807) is 0 Å². The molecule has 1 N–H and O–H groups in total. The Hall–Kier alpha value is -1.88. The SMILES string of the molecule is CNc1nccc([C@H]2CCCCN2Cc2ccc(C)o2)n1. The third-order valence-electron chi connectivity index (χ3n) is 4.01. The van der Waals surface area contributed by atoms with Crippen LogP contribution in [0.4, 0.5) is 5.95 Å². The molecule has 0 spiro atoms. The van der Waals surface area contributed by atoms with Crippen molar-refractivity contribution in [2.24, 2.45) is 0 Å². The second kappa shape index (κ2) is 6.26. The predicted molar refractivity (Wildman–Crippen MR) is 82.0 cm³/mol. The van der Waals surface area contributed by atoms with Crippen molar-refractivity contribution in [3.63, 3.8) is 0 Å². The number of aromatic nitrogens is 2. The minimum absolute atomic E-state index is 0.347. The Morgan fingerprint density at radius 1 is 1.33 bits per heavy atom. The maximum Gasteiger partial charge on any atom is 0.222 e. The molecule has 0 radical (unpaired) electrons. The summed E-state index contributed by atoms with van der Waals surface area (Å²) in [6, 6.07) is 6.47. The van der Waals surface area contributed by atoms with Crippen LogP contribution in [-0.2, 0) is 6.54 Å². The molecule has 21 heavy (non-hydrogen) atoms. The Morgan fingerprint density at radius 2 is 2.24 bits per heavy atom. The van der Waals surface area contributed by atoms with Gasteiger partial charge in [-0.15, -0.1) is 0 Å². The zero-order valence-corrected chi connectivity index (χ0v) is 12.7. The number of hydrogen-bond donors (Lipinski definition) is 1. The van der Waals surface area contributed by atoms with E-state index in [4.69, 9.17) is 4.42 Å². The number of nitrogens with one attached hydrogen (secondary N) is 1. The number of anilines is 1. The summed E-state index contributed by atoms with van der Waals surface area (Å²) in [5.41, 5.74) is 1.09. The lowest BCUT2D eigenvalue weighted by Gasteiger charge is -2.34. The van der Waals surface area contributed by atoms with Crippen LogP contribution in [0.1, 0.15) is 42.5 Å². The van der Waals surface area contributed by atoms with Gasteiger partial charge in [0, 0.05) is 13.2 Å². The van der Waals surface area contributed by atoms with Gasteiger partial charge in [0.1, 0.15) is 11.5 Å². The standard InChI is InChI=1S/C16H22N4O/c1-12-6-7-13(21-12)11-20-10-4-3-5-15(20)14-8-9-18-16(17-2)19-14/h6-9,15H,3-5,10-11H2,1-2H3,(H,17,18,19)/t15-/m1/s1. The quantitative estimate of drug-likeness (QED) is 0.935. The highest BCUT2D eigenvalue weighted by Crippen LogP contribution is 2.31. The highest BCUT2D eigenvalue weighted by Gasteiger charge is 2.26. The molecule has 0 saturated carbocycles. The van der Waals surface area contributed by atoms with E-state index in [1.807, 2.05) is 32.3 Å². The van der Waals surface area contributed by atoms with Gasteiger partial charge < -0.3 is 9.73 Å². The largest absolute Gasteiger partial charge is 0.465 e. The van der Waals surface area contributed by atoms with Crippen molar-refractivity contribution in [1.82, 2.24) is 14.9 Å². The number of piperidine rings is 1. The molecule has 0 amide bonds. The fraction of sp³-hybridized carbons (Fsp3) is 0.500. The Labute approximate surface area is 125 Å². The normalized spacial score (nSPS) is 19.6. The molecule has 0 bridgehead atoms. The second-order valence-electron chi connectivity index (χ2n) is 5.55. The highest BCUT2D eigenvalue weighted by molar-refractivity contribution is 5.25. The zero-order chi connectivity index (χ0) is 14.7. The maximum atomic E-state index is 5.73. The van der Waals surface area contributed by atoms with Gasteiger partial charge in [-0.1, -0.05) is 6.42 Å². The number of furan rings is 1. The van der Waals surface area contributed by atoms with Gasteiger partial charge in [0.25, 0.3) is 0 Å². The molecule has 0 unspecified atom stereocenters. The van der Waals surface area contributed by atoms with E-state index in [1.165, 1.54) is 12.8 Å². The monoisotopic (exact) mass is 286 g/mol. The van der Waals surface area contributed by atoms with Crippen molar-refractivity contribution < 1.29 is 4.42 Å². The Morgan fingerprint density at radius 3 is 3.00 bits per heavy atom. The summed E-state index contributed by atoms with van der Waals surface area (Å²) in [6.45, 7) is 3.92. The summed E-state index contributed by atoms with van der Waals surface area (Å²) in [5.74, 6) is 2.69. The van der Waals surface area contributed by atoms with Crippen LogP contribution in [0.25, 0.3) is 0 Å². The lowest BCUT2D eigenvalue weighted by Crippen LogP contribution is -2.33. The molecule has 1 saturated heterocycles. The first-order valence-electron chi connectivity index (χ1n) is 7.56. The molecular weight excluding hydrogens is 264 g/mol. The van der Waals surface area contributed by atoms with E-state index in [0.717, 1.165) is 36.7 Å². The van der Waals surface area contributed by atoms with Gasteiger partial charge in [-0.05, 0) is 44.5 Å². The lowest BCUT2D eigenvalue weighted by molar-refractivity contribution is 0.127. The molecule has 2 aromatic heterocycles. The van der Waals surface area contributed by atoms with Crippen molar-refractivity contribution in [2.45, 2.75) is 38.8 Å². The number of rotatable bonds is 4. The Kier molecular flexibility index (Phi) is 4.20. The van der Waals surface area contributed by atoms with Crippen LogP contribution in [0.15, 0.2) is 28.8 Å². The van der Waals surface area contributed by atoms with Crippen molar-refractivity contribution in [3.8, 4) is 0 Å². The lowest BCUT2D eigenvalue weighted by atomic mass is 9.99. The molecule has 1 aliphatic rings. The first-order chi connectivity index (χ1) is 10.3. The fourth-order valence-electron chi connectivity index (χ4n) is 2.96. The third-order valence-corrected chi connectivity index (χ3v) is 4.01. The number of nitrogens with zero attached hydrogens (tertiary/aromatic N) is 3. The van der Waals surface area contributed by atoms with E-state index in [0.29, 0.717) is 12.0 Å². The molecule has 2 aromatic rings. The average Bonchev–Trinajstić information content (AvgIpc) is 2.93. The van der Waals surface area contributed by atoms with Gasteiger partial charge in [0.15, 0.2) is 0 Å². The number of hydrogen-bond acceptors (Lipinski definition) is 5. The second-order valence-corrected chi connectivity index (χ2v) is 5.55. The van der Waals surface area contributed by atoms with Crippen LogP contribution in [0.3, 0.4) is 0 Å². The van der Waals surface area contributed by atoms with Gasteiger partial charge in [-0.2, -0.15) is 0 Å². The van der Waals surface area contributed by atoms with Crippen LogP contribution in [0, 0.1) is 6.92 Å². The van der Waals surface area contributed by atoms with Crippen molar-refractivity contribution in [1.29, 1.82) is 0 Å². The summed E-state index contributed by atoms with van der Waals surface area (Å²) in [7, 11) is 1.85. The van der Waals surface area contributed by atoms with Crippen LogP contribution in [-0.4, -0.2) is 28.5 Å². The summed E-state index contributed by atoms with van der Waals surface area (Å²) in [5, 5.41) is 3.02. The van der Waals surface area contributed by atoms with Gasteiger partial charge in [-0.3, -0.25) is 4.90 Å². The molecule has 5 nitrogen and oxygen atoms in total. The van der Waals surface area contributed by atoms with Gasteiger partial charge >= 0.3 is 0 Å². The molecule has 3 rings (SSSR count). The smallest absolute Gasteiger partial charge is 0.222 e. The topological polar surface area (TPSA) is 54.2 Å². The number of aryl methyl sites for hydroxylation is 1. The van der Waals surface area contributed by atoms with E-state index in [-0.39, 0.29) is 0 Å². The van der Waals surface area contributed by atoms with Crippen LogP contribution in [0.5, 0.6) is 0 Å². The van der Waals surface area contributed by atoms with Crippen molar-refractivity contribution >= 4 is 5.95 Å².